The largest absolute Gasteiger partial charge is 0.465 e. The number of aryl methyl sites for hydroxylation is 1. The molecule has 0 bridgehead atoms. The first kappa shape index (κ1) is 25.1. The SMILES string of the molecule is CCCCc1ccc(Nc2ncnc(Nc3cc(C(=O)OC)cc(C(=O)OC)c3)c2[N+](=O)[O-])cc1. The van der Waals surface area contributed by atoms with Crippen LogP contribution in [-0.4, -0.2) is 41.0 Å². The van der Waals surface area contributed by atoms with Gasteiger partial charge in [0.2, 0.25) is 11.6 Å². The third-order valence-corrected chi connectivity index (χ3v) is 5.08. The monoisotopic (exact) mass is 479 g/mol. The van der Waals surface area contributed by atoms with Gasteiger partial charge in [-0.1, -0.05) is 25.5 Å². The van der Waals surface area contributed by atoms with Crippen LogP contribution in [0.5, 0.6) is 0 Å². The number of nitrogens with one attached hydrogen (secondary N) is 2. The van der Waals surface area contributed by atoms with Crippen LogP contribution in [0.15, 0.2) is 48.8 Å². The number of benzene rings is 2. The van der Waals surface area contributed by atoms with Crippen molar-refractivity contribution in [1.82, 2.24) is 9.97 Å². The summed E-state index contributed by atoms with van der Waals surface area (Å²) in [7, 11) is 2.40. The molecule has 3 aromatic rings. The fourth-order valence-electron chi connectivity index (χ4n) is 3.31. The molecule has 2 N–H and O–H groups in total. The van der Waals surface area contributed by atoms with Crippen LogP contribution < -0.4 is 10.6 Å². The second-order valence-electron chi connectivity index (χ2n) is 7.51. The number of unbranched alkanes of at least 4 members (excludes halogenated alkanes) is 1. The van der Waals surface area contributed by atoms with Crippen LogP contribution in [-0.2, 0) is 15.9 Å². The lowest BCUT2D eigenvalue weighted by Gasteiger charge is -2.12. The summed E-state index contributed by atoms with van der Waals surface area (Å²) in [6.07, 6.45) is 4.29. The summed E-state index contributed by atoms with van der Waals surface area (Å²) in [6, 6.07) is 11.6. The van der Waals surface area contributed by atoms with Gasteiger partial charge in [-0.15, -0.1) is 0 Å². The van der Waals surface area contributed by atoms with Crippen molar-refractivity contribution < 1.29 is 24.0 Å². The van der Waals surface area contributed by atoms with Gasteiger partial charge in [-0.25, -0.2) is 19.6 Å². The molecule has 0 saturated carbocycles. The average molecular weight is 479 g/mol. The molecule has 11 heteroatoms. The van der Waals surface area contributed by atoms with E-state index in [0.717, 1.165) is 19.3 Å². The molecule has 0 aliphatic carbocycles. The Kier molecular flexibility index (Phi) is 8.28. The van der Waals surface area contributed by atoms with Crippen molar-refractivity contribution in [2.24, 2.45) is 0 Å². The highest BCUT2D eigenvalue weighted by molar-refractivity contribution is 5.97. The molecule has 0 amide bonds. The van der Waals surface area contributed by atoms with E-state index in [0.29, 0.717) is 5.69 Å². The van der Waals surface area contributed by atoms with Gasteiger partial charge in [0.05, 0.1) is 30.3 Å². The fraction of sp³-hybridized carbons (Fsp3) is 0.250. The van der Waals surface area contributed by atoms with Crippen LogP contribution in [0.3, 0.4) is 0 Å². The van der Waals surface area contributed by atoms with Crippen LogP contribution in [0.4, 0.5) is 28.7 Å². The zero-order valence-electron chi connectivity index (χ0n) is 19.5. The maximum absolute atomic E-state index is 12.0. The second kappa shape index (κ2) is 11.5. The molecular formula is C24H25N5O6. The number of hydrogen-bond acceptors (Lipinski definition) is 10. The van der Waals surface area contributed by atoms with Crippen molar-refractivity contribution in [3.05, 3.63) is 75.6 Å². The molecule has 0 fully saturated rings. The minimum Gasteiger partial charge on any atom is -0.465 e. The Morgan fingerprint density at radius 2 is 1.46 bits per heavy atom. The molecule has 0 aliphatic rings. The van der Waals surface area contributed by atoms with Crippen molar-refractivity contribution in [2.45, 2.75) is 26.2 Å². The predicted molar refractivity (Wildman–Crippen MR) is 129 cm³/mol. The minimum absolute atomic E-state index is 0.0221. The smallest absolute Gasteiger partial charge is 0.353 e. The molecule has 2 aromatic carbocycles. The number of carbonyl (C=O) groups is 2. The van der Waals surface area contributed by atoms with Crippen molar-refractivity contribution in [3.8, 4) is 0 Å². The third-order valence-electron chi connectivity index (χ3n) is 5.08. The van der Waals surface area contributed by atoms with E-state index >= 15 is 0 Å². The number of aromatic nitrogens is 2. The summed E-state index contributed by atoms with van der Waals surface area (Å²) < 4.78 is 9.45. The molecule has 0 spiro atoms. The lowest BCUT2D eigenvalue weighted by molar-refractivity contribution is -0.383. The van der Waals surface area contributed by atoms with E-state index in [9.17, 15) is 19.7 Å². The van der Waals surface area contributed by atoms with Crippen LogP contribution in [0.1, 0.15) is 46.0 Å². The zero-order chi connectivity index (χ0) is 25.4. The Balaban J connectivity index is 1.95. The summed E-state index contributed by atoms with van der Waals surface area (Å²) in [5.41, 5.74) is 1.68. The summed E-state index contributed by atoms with van der Waals surface area (Å²) in [6.45, 7) is 2.12. The van der Waals surface area contributed by atoms with E-state index in [2.05, 4.69) is 27.5 Å². The Bertz CT molecular complexity index is 1200. The molecule has 0 unspecified atom stereocenters. The number of anilines is 4. The molecule has 3 rings (SSSR count). The quantitative estimate of drug-likeness (QED) is 0.236. The van der Waals surface area contributed by atoms with Gasteiger partial charge in [0.1, 0.15) is 6.33 Å². The Morgan fingerprint density at radius 3 is 1.94 bits per heavy atom. The molecule has 0 atom stereocenters. The molecule has 1 aromatic heterocycles. The summed E-state index contributed by atoms with van der Waals surface area (Å²) in [5, 5.41) is 17.7. The highest BCUT2D eigenvalue weighted by atomic mass is 16.6. The molecule has 35 heavy (non-hydrogen) atoms. The number of methoxy groups -OCH3 is 2. The fourth-order valence-corrected chi connectivity index (χ4v) is 3.31. The maximum atomic E-state index is 12.0. The highest BCUT2D eigenvalue weighted by Crippen LogP contribution is 2.33. The third kappa shape index (κ3) is 6.28. The maximum Gasteiger partial charge on any atom is 0.353 e. The van der Waals surface area contributed by atoms with Crippen molar-refractivity contribution in [3.63, 3.8) is 0 Å². The Labute approximate surface area is 201 Å². The van der Waals surface area contributed by atoms with E-state index in [1.165, 1.54) is 44.3 Å². The van der Waals surface area contributed by atoms with Gasteiger partial charge in [-0.05, 0) is 48.7 Å². The van der Waals surface area contributed by atoms with Gasteiger partial charge >= 0.3 is 17.6 Å². The van der Waals surface area contributed by atoms with Gasteiger partial charge in [-0.3, -0.25) is 10.1 Å². The molecule has 11 nitrogen and oxygen atoms in total. The van der Waals surface area contributed by atoms with Gasteiger partial charge in [-0.2, -0.15) is 0 Å². The van der Waals surface area contributed by atoms with Gasteiger partial charge in [0.15, 0.2) is 0 Å². The molecule has 0 saturated heterocycles. The lowest BCUT2D eigenvalue weighted by Crippen LogP contribution is -2.09. The van der Waals surface area contributed by atoms with E-state index in [1.54, 1.807) is 0 Å². The second-order valence-corrected chi connectivity index (χ2v) is 7.51. The number of nitro groups is 1. The van der Waals surface area contributed by atoms with Crippen molar-refractivity contribution in [1.29, 1.82) is 0 Å². The van der Waals surface area contributed by atoms with Crippen molar-refractivity contribution >= 4 is 40.6 Å². The summed E-state index contributed by atoms with van der Waals surface area (Å²) in [4.78, 5) is 43.4. The van der Waals surface area contributed by atoms with E-state index in [-0.39, 0.29) is 28.5 Å². The van der Waals surface area contributed by atoms with Crippen molar-refractivity contribution in [2.75, 3.05) is 24.9 Å². The number of esters is 2. The Morgan fingerprint density at radius 1 is 0.914 bits per heavy atom. The molecule has 0 aliphatic heterocycles. The minimum atomic E-state index is -0.694. The van der Waals surface area contributed by atoms with Gasteiger partial charge < -0.3 is 20.1 Å². The van der Waals surface area contributed by atoms with E-state index in [1.807, 2.05) is 24.3 Å². The standard InChI is InChI=1S/C24H25N5O6/c1-4-5-6-15-7-9-18(10-8-15)27-21-20(29(32)33)22(26-14-25-21)28-19-12-16(23(30)34-2)11-17(13-19)24(31)35-3/h7-14H,4-6H2,1-3H3,(H2,25,26,27,28). The van der Waals surface area contributed by atoms with Crippen LogP contribution in [0.2, 0.25) is 0 Å². The first-order valence-electron chi connectivity index (χ1n) is 10.8. The zero-order valence-corrected chi connectivity index (χ0v) is 19.5. The number of hydrogen-bond donors (Lipinski definition) is 2. The first-order valence-corrected chi connectivity index (χ1v) is 10.8. The Hall–Kier alpha value is -4.54. The number of carbonyl (C=O) groups excluding carboxylic acids is 2. The molecular weight excluding hydrogens is 454 g/mol. The number of rotatable bonds is 10. The number of nitrogens with zero attached hydrogens (tertiary/aromatic N) is 3. The molecule has 1 heterocycles. The lowest BCUT2D eigenvalue weighted by atomic mass is 10.1. The molecule has 0 radical (unpaired) electrons. The van der Waals surface area contributed by atoms with Crippen LogP contribution in [0, 0.1) is 10.1 Å². The first-order chi connectivity index (χ1) is 16.9. The summed E-state index contributed by atoms with van der Waals surface area (Å²) in [5.74, 6) is -1.54. The average Bonchev–Trinajstić information content (AvgIpc) is 2.87. The van der Waals surface area contributed by atoms with E-state index < -0.39 is 22.5 Å². The normalized spacial score (nSPS) is 10.4. The van der Waals surface area contributed by atoms with Gasteiger partial charge in [0, 0.05) is 11.4 Å². The van der Waals surface area contributed by atoms with E-state index in [4.69, 9.17) is 9.47 Å². The predicted octanol–water partition coefficient (Wildman–Crippen LogP) is 4.79. The number of ether oxygens (including phenoxy) is 2. The van der Waals surface area contributed by atoms with Crippen LogP contribution >= 0.6 is 0 Å². The highest BCUT2D eigenvalue weighted by Gasteiger charge is 2.24. The van der Waals surface area contributed by atoms with Gasteiger partial charge in [0.25, 0.3) is 0 Å². The molecule has 182 valence electrons. The summed E-state index contributed by atoms with van der Waals surface area (Å²) >= 11 is 0. The van der Waals surface area contributed by atoms with Crippen LogP contribution in [0.25, 0.3) is 0 Å². The topological polar surface area (TPSA) is 146 Å².